The Hall–Kier alpha value is -2.63. The molecule has 0 unspecified atom stereocenters. The number of aromatic nitrogens is 1. The van der Waals surface area contributed by atoms with Gasteiger partial charge in [-0.15, -0.1) is 24.8 Å². The summed E-state index contributed by atoms with van der Waals surface area (Å²) >= 11 is 0.924. The van der Waals surface area contributed by atoms with E-state index in [9.17, 15) is 25.2 Å². The van der Waals surface area contributed by atoms with E-state index < -0.39 is 5.91 Å². The zero-order chi connectivity index (χ0) is 24.8. The molecule has 0 aliphatic rings. The molecule has 4 aromatic rings. The largest absolute Gasteiger partial charge is 0.508 e. The lowest BCUT2D eigenvalue weighted by Crippen LogP contribution is -2.47. The molecule has 0 amide bonds. The lowest BCUT2D eigenvalue weighted by atomic mass is 10.1. The zero-order valence-corrected chi connectivity index (χ0v) is 22.4. The molecule has 1 aromatic heterocycles. The number of fused-ring (bicyclic) bond motifs is 1. The number of phenols is 2. The van der Waals surface area contributed by atoms with Crippen molar-refractivity contribution in [2.75, 3.05) is 13.1 Å². The van der Waals surface area contributed by atoms with Crippen LogP contribution < -0.4 is 15.5 Å². The van der Waals surface area contributed by atoms with Crippen LogP contribution in [-0.4, -0.2) is 44.4 Å². The van der Waals surface area contributed by atoms with Crippen LogP contribution in [-0.2, 0) is 25.8 Å². The maximum atomic E-state index is 11.7. The van der Waals surface area contributed by atoms with E-state index in [2.05, 4.69) is 21.7 Å². The Kier molecular flexibility index (Phi) is 11.4. The summed E-state index contributed by atoms with van der Waals surface area (Å²) in [6.45, 7) is 1.76. The number of rotatable bonds is 11. The lowest BCUT2D eigenvalue weighted by molar-refractivity contribution is -0.183. The molecule has 8 nitrogen and oxygen atoms in total. The van der Waals surface area contributed by atoms with Gasteiger partial charge in [-0.25, -0.2) is 0 Å². The van der Waals surface area contributed by atoms with Crippen molar-refractivity contribution in [3.8, 4) is 11.5 Å². The first-order valence-corrected chi connectivity index (χ1v) is 12.2. The number of halogens is 2. The molecule has 0 radical (unpaired) electrons. The maximum absolute atomic E-state index is 11.7. The Morgan fingerprint density at radius 1 is 0.838 bits per heavy atom. The summed E-state index contributed by atoms with van der Waals surface area (Å²) < 4.78 is 0.506. The molecule has 0 aliphatic heterocycles. The number of benzene rings is 3. The summed E-state index contributed by atoms with van der Waals surface area (Å²) in [5.41, 5.74) is 3.95. The van der Waals surface area contributed by atoms with Gasteiger partial charge in [0.15, 0.2) is 0 Å². The molecule has 200 valence electrons. The highest BCUT2D eigenvalue weighted by molar-refractivity contribution is 7.16. The standard InChI is InChI=1S/C26H29N3O5S.2ClH/c30-21-7-2-1-6-19(21)11-12-27-16-18-5-3-4-17(14-18)10-13-28-26(33,34)15-20-8-9-22(31)23-24(20)35-25(32)29-23;;/h1-9,14,27-28,30-31,33-34H,10-13,15-16H2,(H,29,32);2*1H. The van der Waals surface area contributed by atoms with Crippen molar-refractivity contribution >= 4 is 46.4 Å². The van der Waals surface area contributed by atoms with Gasteiger partial charge < -0.3 is 30.7 Å². The number of hydrogen-bond donors (Lipinski definition) is 7. The number of para-hydroxylation sites is 1. The first-order chi connectivity index (χ1) is 16.8. The van der Waals surface area contributed by atoms with Crippen molar-refractivity contribution in [2.24, 2.45) is 0 Å². The number of aliphatic hydroxyl groups is 2. The average Bonchev–Trinajstić information content (AvgIpc) is 3.23. The fourth-order valence-electron chi connectivity index (χ4n) is 4.02. The van der Waals surface area contributed by atoms with Gasteiger partial charge in [-0.2, -0.15) is 0 Å². The second-order valence-corrected chi connectivity index (χ2v) is 9.49. The van der Waals surface area contributed by atoms with Crippen LogP contribution in [0.3, 0.4) is 0 Å². The second kappa shape index (κ2) is 13.8. The molecule has 3 aromatic carbocycles. The number of thiazole rings is 1. The molecule has 0 bridgehead atoms. The first-order valence-electron chi connectivity index (χ1n) is 11.4. The average molecular weight is 569 g/mol. The summed E-state index contributed by atoms with van der Waals surface area (Å²) in [5, 5.41) is 46.8. The van der Waals surface area contributed by atoms with Gasteiger partial charge in [-0.1, -0.05) is 59.9 Å². The quantitative estimate of drug-likeness (QED) is 0.109. The van der Waals surface area contributed by atoms with Crippen LogP contribution in [0.15, 0.2) is 65.5 Å². The van der Waals surface area contributed by atoms with Gasteiger partial charge >= 0.3 is 4.87 Å². The van der Waals surface area contributed by atoms with Crippen LogP contribution in [0.1, 0.15) is 22.3 Å². The number of nitrogens with one attached hydrogen (secondary N) is 3. The van der Waals surface area contributed by atoms with Crippen LogP contribution in [0.4, 0.5) is 0 Å². The number of hydrogen-bond acceptors (Lipinski definition) is 8. The summed E-state index contributed by atoms with van der Waals surface area (Å²) in [5.74, 6) is -1.91. The summed E-state index contributed by atoms with van der Waals surface area (Å²) in [6, 6.07) is 18.4. The van der Waals surface area contributed by atoms with Gasteiger partial charge in [0.1, 0.15) is 17.0 Å². The fourth-order valence-corrected chi connectivity index (χ4v) is 4.89. The van der Waals surface area contributed by atoms with E-state index in [0.29, 0.717) is 41.0 Å². The SMILES string of the molecule is Cl.Cl.O=c1[nH]c2c(O)ccc(CC(O)(O)NCCc3cccc(CNCCc4ccccc4O)c3)c2s1. The second-order valence-electron chi connectivity index (χ2n) is 8.51. The predicted molar refractivity (Wildman–Crippen MR) is 151 cm³/mol. The van der Waals surface area contributed by atoms with E-state index in [1.54, 1.807) is 12.1 Å². The molecule has 0 saturated carbocycles. The third-order valence-electron chi connectivity index (χ3n) is 5.78. The molecule has 0 saturated heterocycles. The van der Waals surface area contributed by atoms with Gasteiger partial charge in [0.25, 0.3) is 0 Å². The minimum Gasteiger partial charge on any atom is -0.508 e. The number of phenolic OH excluding ortho intramolecular Hbond substituents is 2. The predicted octanol–water partition coefficient (Wildman–Crippen LogP) is 3.19. The molecular weight excluding hydrogens is 537 g/mol. The van der Waals surface area contributed by atoms with Crippen molar-refractivity contribution in [1.82, 2.24) is 15.6 Å². The molecule has 0 spiro atoms. The molecule has 7 N–H and O–H groups in total. The minimum absolute atomic E-state index is 0. The van der Waals surface area contributed by atoms with Crippen LogP contribution in [0, 0.1) is 0 Å². The molecular formula is C26H31Cl2N3O5S. The van der Waals surface area contributed by atoms with Crippen molar-refractivity contribution in [3.05, 3.63) is 92.6 Å². The molecule has 11 heteroatoms. The van der Waals surface area contributed by atoms with Crippen molar-refractivity contribution < 1.29 is 20.4 Å². The van der Waals surface area contributed by atoms with E-state index in [-0.39, 0.29) is 41.9 Å². The van der Waals surface area contributed by atoms with Crippen LogP contribution in [0.5, 0.6) is 11.5 Å². The van der Waals surface area contributed by atoms with Crippen molar-refractivity contribution in [3.63, 3.8) is 0 Å². The van der Waals surface area contributed by atoms with E-state index >= 15 is 0 Å². The highest BCUT2D eigenvalue weighted by Gasteiger charge is 2.25. The van der Waals surface area contributed by atoms with Crippen LogP contribution in [0.25, 0.3) is 10.2 Å². The summed E-state index contributed by atoms with van der Waals surface area (Å²) in [7, 11) is 0. The van der Waals surface area contributed by atoms with E-state index in [4.69, 9.17) is 0 Å². The van der Waals surface area contributed by atoms with Crippen molar-refractivity contribution in [2.45, 2.75) is 31.7 Å². The molecule has 37 heavy (non-hydrogen) atoms. The Balaban J connectivity index is 0.00000241. The van der Waals surface area contributed by atoms with Crippen molar-refractivity contribution in [1.29, 1.82) is 0 Å². The Bertz CT molecular complexity index is 1360. The Morgan fingerprint density at radius 2 is 1.59 bits per heavy atom. The summed E-state index contributed by atoms with van der Waals surface area (Å²) in [4.78, 5) is 13.9. The number of aromatic hydroxyl groups is 2. The molecule has 0 atom stereocenters. The summed E-state index contributed by atoms with van der Waals surface area (Å²) in [6.07, 6.45) is 1.19. The Morgan fingerprint density at radius 3 is 2.38 bits per heavy atom. The molecule has 0 aliphatic carbocycles. The third-order valence-corrected chi connectivity index (χ3v) is 6.74. The number of H-pyrrole nitrogens is 1. The molecule has 0 fully saturated rings. The van der Waals surface area contributed by atoms with Gasteiger partial charge in [-0.05, 0) is 53.8 Å². The highest BCUT2D eigenvalue weighted by Crippen LogP contribution is 2.29. The monoisotopic (exact) mass is 567 g/mol. The zero-order valence-electron chi connectivity index (χ0n) is 19.9. The van der Waals surface area contributed by atoms with Gasteiger partial charge in [0, 0.05) is 19.5 Å². The van der Waals surface area contributed by atoms with Gasteiger partial charge in [-0.3, -0.25) is 10.1 Å². The van der Waals surface area contributed by atoms with Gasteiger partial charge in [0.05, 0.1) is 4.70 Å². The number of aromatic amines is 1. The third kappa shape index (κ3) is 8.44. The normalized spacial score (nSPS) is 11.2. The molecule has 1 heterocycles. The van der Waals surface area contributed by atoms with Gasteiger partial charge in [0.2, 0.25) is 5.91 Å². The first kappa shape index (κ1) is 30.6. The highest BCUT2D eigenvalue weighted by atomic mass is 35.5. The van der Waals surface area contributed by atoms with Crippen LogP contribution >= 0.6 is 36.2 Å². The maximum Gasteiger partial charge on any atom is 0.305 e. The van der Waals surface area contributed by atoms with E-state index in [0.717, 1.165) is 41.0 Å². The molecule has 4 rings (SSSR count). The lowest BCUT2D eigenvalue weighted by Gasteiger charge is -2.23. The smallest absolute Gasteiger partial charge is 0.305 e. The van der Waals surface area contributed by atoms with Crippen LogP contribution in [0.2, 0.25) is 0 Å². The van der Waals surface area contributed by atoms with E-state index in [1.165, 1.54) is 6.07 Å². The fraction of sp³-hybridized carbons (Fsp3) is 0.269. The minimum atomic E-state index is -2.17. The topological polar surface area (TPSA) is 138 Å². The van der Waals surface area contributed by atoms with E-state index in [1.807, 2.05) is 36.4 Å². The Labute approximate surface area is 230 Å².